The summed E-state index contributed by atoms with van der Waals surface area (Å²) in [7, 11) is 0. The van der Waals surface area contributed by atoms with Crippen LogP contribution in [-0.2, 0) is 4.74 Å². The Balaban J connectivity index is 1.92. The summed E-state index contributed by atoms with van der Waals surface area (Å²) in [6.07, 6.45) is 0. The molecule has 1 aromatic rings. The van der Waals surface area contributed by atoms with Gasteiger partial charge in [-0.25, -0.2) is 5.21 Å². The van der Waals surface area contributed by atoms with E-state index >= 15 is 0 Å². The van der Waals surface area contributed by atoms with Gasteiger partial charge in [-0.2, -0.15) is 5.48 Å². The van der Waals surface area contributed by atoms with E-state index in [0.29, 0.717) is 12.6 Å². The number of quaternary nitrogens is 1. The lowest BCUT2D eigenvalue weighted by Gasteiger charge is -2.41. The van der Waals surface area contributed by atoms with E-state index in [1.54, 1.807) is 0 Å². The van der Waals surface area contributed by atoms with Crippen molar-refractivity contribution < 1.29 is 20.2 Å². The van der Waals surface area contributed by atoms with Gasteiger partial charge in [0.05, 0.1) is 31.5 Å². The molecule has 2 aliphatic heterocycles. The van der Waals surface area contributed by atoms with Gasteiger partial charge in [-0.15, -0.1) is 0 Å². The first-order valence-electron chi connectivity index (χ1n) is 5.47. The van der Waals surface area contributed by atoms with Crippen molar-refractivity contribution in [2.45, 2.75) is 6.04 Å². The van der Waals surface area contributed by atoms with Gasteiger partial charge in [0.1, 0.15) is 12.4 Å². The molecule has 0 saturated carbocycles. The highest BCUT2D eigenvalue weighted by Gasteiger charge is 2.30. The van der Waals surface area contributed by atoms with Gasteiger partial charge >= 0.3 is 0 Å². The molecular formula is C11H15N2O3+. The molecule has 1 saturated heterocycles. The van der Waals surface area contributed by atoms with E-state index in [-0.39, 0.29) is 0 Å². The molecule has 2 aliphatic rings. The van der Waals surface area contributed by atoms with E-state index < -0.39 is 0 Å². The average Bonchev–Trinajstić information content (AvgIpc) is 2.26. The van der Waals surface area contributed by atoms with Crippen molar-refractivity contribution in [2.24, 2.45) is 0 Å². The van der Waals surface area contributed by atoms with E-state index in [1.165, 1.54) is 0 Å². The minimum Gasteiger partial charge on any atom is -0.489 e. The molecule has 3 N–H and O–H groups in total. The highest BCUT2D eigenvalue weighted by molar-refractivity contribution is 5.64. The van der Waals surface area contributed by atoms with Gasteiger partial charge in [-0.1, -0.05) is 0 Å². The molecular weight excluding hydrogens is 208 g/mol. The molecule has 3 rings (SSSR count). The first-order chi connectivity index (χ1) is 7.88. The normalized spacial score (nSPS) is 19.9. The maximum Gasteiger partial charge on any atom is 0.165 e. The number of nitrogens with zero attached hydrogens (tertiary/aromatic N) is 1. The minimum atomic E-state index is 0.478. The largest absolute Gasteiger partial charge is 0.489 e. The van der Waals surface area contributed by atoms with Gasteiger partial charge in [0.15, 0.2) is 5.69 Å². The Morgan fingerprint density at radius 2 is 2.25 bits per heavy atom. The van der Waals surface area contributed by atoms with Gasteiger partial charge in [-0.05, 0) is 6.07 Å². The number of benzene rings is 1. The number of fused-ring (bicyclic) bond motifs is 1. The van der Waals surface area contributed by atoms with Crippen LogP contribution >= 0.6 is 0 Å². The van der Waals surface area contributed by atoms with Gasteiger partial charge in [-0.3, -0.25) is 0 Å². The maximum absolute atomic E-state index is 8.96. The van der Waals surface area contributed by atoms with E-state index in [2.05, 4.69) is 4.90 Å². The van der Waals surface area contributed by atoms with Gasteiger partial charge in [0, 0.05) is 12.1 Å². The van der Waals surface area contributed by atoms with Gasteiger partial charge < -0.3 is 14.4 Å². The number of nitrogens with two attached hydrogens (primary N) is 1. The predicted octanol–water partition coefficient (Wildman–Crippen LogP) is -0.132. The minimum absolute atomic E-state index is 0.478. The molecule has 0 aromatic heterocycles. The molecule has 5 heteroatoms. The SMILES string of the molecule is O[NH2+]c1ccc2c(c1)OCCN2C1COC1. The van der Waals surface area contributed by atoms with Crippen LogP contribution in [0.25, 0.3) is 0 Å². The lowest BCUT2D eigenvalue weighted by atomic mass is 10.1. The quantitative estimate of drug-likeness (QED) is 0.541. The van der Waals surface area contributed by atoms with Gasteiger partial charge in [0.25, 0.3) is 0 Å². The standard InChI is InChI=1S/C11H14N2O3/c14-12-8-1-2-10-11(5-8)16-4-3-13(10)9-6-15-7-9/h1-2,5,9,12,14H,3-4,6-7H2/p+1. The Bertz CT molecular complexity index is 393. The summed E-state index contributed by atoms with van der Waals surface area (Å²) in [5, 5.41) is 8.96. The zero-order valence-corrected chi connectivity index (χ0v) is 8.93. The second kappa shape index (κ2) is 3.93. The van der Waals surface area contributed by atoms with E-state index in [4.69, 9.17) is 14.7 Å². The Morgan fingerprint density at radius 1 is 1.38 bits per heavy atom. The summed E-state index contributed by atoms with van der Waals surface area (Å²) in [5.41, 5.74) is 2.96. The number of hydrogen-bond acceptors (Lipinski definition) is 4. The molecule has 1 fully saturated rings. The fourth-order valence-corrected chi connectivity index (χ4v) is 2.12. The molecule has 0 amide bonds. The molecule has 86 valence electrons. The summed E-state index contributed by atoms with van der Waals surface area (Å²) in [5.74, 6) is 0.848. The molecule has 0 bridgehead atoms. The van der Waals surface area contributed by atoms with Gasteiger partial charge in [0.2, 0.25) is 0 Å². The molecule has 16 heavy (non-hydrogen) atoms. The molecule has 0 unspecified atom stereocenters. The van der Waals surface area contributed by atoms with E-state index in [9.17, 15) is 0 Å². The highest BCUT2D eigenvalue weighted by atomic mass is 16.5. The summed E-state index contributed by atoms with van der Waals surface area (Å²) in [6, 6.07) is 6.22. The molecule has 0 atom stereocenters. The van der Waals surface area contributed by atoms with Crippen molar-refractivity contribution in [1.82, 2.24) is 0 Å². The fourth-order valence-electron chi connectivity index (χ4n) is 2.12. The van der Waals surface area contributed by atoms with Crippen LogP contribution in [0.5, 0.6) is 5.75 Å². The molecule has 2 heterocycles. The second-order valence-electron chi connectivity index (χ2n) is 4.09. The maximum atomic E-state index is 8.96. The second-order valence-corrected chi connectivity index (χ2v) is 4.09. The first kappa shape index (κ1) is 9.89. The summed E-state index contributed by atoms with van der Waals surface area (Å²) < 4.78 is 10.8. The Kier molecular flexibility index (Phi) is 2.43. The van der Waals surface area contributed by atoms with Crippen molar-refractivity contribution in [2.75, 3.05) is 31.3 Å². The van der Waals surface area contributed by atoms with Crippen molar-refractivity contribution >= 4 is 11.4 Å². The highest BCUT2D eigenvalue weighted by Crippen LogP contribution is 2.35. The predicted molar refractivity (Wildman–Crippen MR) is 57.3 cm³/mol. The summed E-state index contributed by atoms with van der Waals surface area (Å²) in [6.45, 7) is 3.20. The molecule has 5 nitrogen and oxygen atoms in total. The lowest BCUT2D eigenvalue weighted by molar-refractivity contribution is -0.825. The Labute approximate surface area is 93.5 Å². The van der Waals surface area contributed by atoms with Crippen LogP contribution in [0.1, 0.15) is 0 Å². The summed E-state index contributed by atoms with van der Waals surface area (Å²) >= 11 is 0. The zero-order valence-electron chi connectivity index (χ0n) is 8.93. The topological polar surface area (TPSA) is 58.5 Å². The monoisotopic (exact) mass is 223 g/mol. The Hall–Kier alpha value is -1.30. The van der Waals surface area contributed by atoms with Crippen LogP contribution in [0.2, 0.25) is 0 Å². The third kappa shape index (κ3) is 1.53. The lowest BCUT2D eigenvalue weighted by Crippen LogP contribution is -2.73. The first-order valence-corrected chi connectivity index (χ1v) is 5.47. The third-order valence-electron chi connectivity index (χ3n) is 3.09. The molecule has 1 aromatic carbocycles. The molecule has 0 aliphatic carbocycles. The number of ether oxygens (including phenoxy) is 2. The molecule has 0 radical (unpaired) electrons. The van der Waals surface area contributed by atoms with E-state index in [1.807, 2.05) is 18.2 Å². The van der Waals surface area contributed by atoms with Crippen LogP contribution in [-0.4, -0.2) is 37.6 Å². The smallest absolute Gasteiger partial charge is 0.165 e. The van der Waals surface area contributed by atoms with Crippen molar-refractivity contribution in [3.8, 4) is 5.75 Å². The Morgan fingerprint density at radius 3 is 2.94 bits per heavy atom. The van der Waals surface area contributed by atoms with Crippen LogP contribution < -0.4 is 15.1 Å². The van der Waals surface area contributed by atoms with Crippen LogP contribution in [0.15, 0.2) is 18.2 Å². The van der Waals surface area contributed by atoms with Crippen molar-refractivity contribution in [3.63, 3.8) is 0 Å². The number of rotatable bonds is 2. The number of hydrogen-bond donors (Lipinski definition) is 2. The zero-order chi connectivity index (χ0) is 11.0. The molecule has 0 spiro atoms. The van der Waals surface area contributed by atoms with Crippen LogP contribution in [0.4, 0.5) is 11.4 Å². The summed E-state index contributed by atoms with van der Waals surface area (Å²) in [4.78, 5) is 2.32. The van der Waals surface area contributed by atoms with Crippen LogP contribution in [0, 0.1) is 0 Å². The number of anilines is 1. The van der Waals surface area contributed by atoms with Crippen molar-refractivity contribution in [3.05, 3.63) is 18.2 Å². The fraction of sp³-hybridized carbons (Fsp3) is 0.455. The van der Waals surface area contributed by atoms with E-state index in [0.717, 1.165) is 42.4 Å². The van der Waals surface area contributed by atoms with Crippen molar-refractivity contribution in [1.29, 1.82) is 0 Å². The van der Waals surface area contributed by atoms with Crippen LogP contribution in [0.3, 0.4) is 0 Å². The average molecular weight is 223 g/mol. The third-order valence-corrected chi connectivity index (χ3v) is 3.09.